The number of carbonyl (C=O) groups excluding carboxylic acids is 1. The van der Waals surface area contributed by atoms with Crippen LogP contribution in [-0.4, -0.2) is 55.4 Å². The van der Waals surface area contributed by atoms with Crippen LogP contribution in [0.3, 0.4) is 0 Å². The van der Waals surface area contributed by atoms with Gasteiger partial charge in [0.15, 0.2) is 8.32 Å². The molecule has 26 heavy (non-hydrogen) atoms. The Hall–Kier alpha value is -1.18. The number of nitrogens with zero attached hydrogens (tertiary/aromatic N) is 1. The van der Waals surface area contributed by atoms with Crippen molar-refractivity contribution in [2.24, 2.45) is 11.7 Å². The summed E-state index contributed by atoms with van der Waals surface area (Å²) in [6, 6.07) is -0.794. The van der Waals surface area contributed by atoms with E-state index in [9.17, 15) is 14.7 Å². The Morgan fingerprint density at radius 2 is 2.04 bits per heavy atom. The maximum absolute atomic E-state index is 13.1. The van der Waals surface area contributed by atoms with Crippen LogP contribution in [-0.2, 0) is 14.0 Å². The fourth-order valence-electron chi connectivity index (χ4n) is 3.70. The fourth-order valence-corrected chi connectivity index (χ4v) is 5.06. The molecule has 2 fully saturated rings. The molecule has 2 rings (SSSR count). The zero-order chi connectivity index (χ0) is 19.7. The van der Waals surface area contributed by atoms with Crippen molar-refractivity contribution >= 4 is 20.2 Å². The molecule has 0 aromatic rings. The number of rotatable bonds is 5. The first kappa shape index (κ1) is 21.1. The van der Waals surface area contributed by atoms with Crippen molar-refractivity contribution in [2.45, 2.75) is 76.7 Å². The molecule has 148 valence electrons. The van der Waals surface area contributed by atoms with Gasteiger partial charge in [-0.1, -0.05) is 32.4 Å². The lowest BCUT2D eigenvalue weighted by atomic mass is 10.00. The second kappa shape index (κ2) is 7.82. The van der Waals surface area contributed by atoms with E-state index >= 15 is 0 Å². The Labute approximate surface area is 157 Å². The molecular weight excluding hydrogens is 348 g/mol. The first-order valence-electron chi connectivity index (χ1n) is 9.58. The molecule has 3 atom stereocenters. The highest BCUT2D eigenvalue weighted by atomic mass is 28.4. The van der Waals surface area contributed by atoms with E-state index in [-0.39, 0.29) is 23.0 Å². The molecule has 1 aliphatic heterocycles. The Morgan fingerprint density at radius 1 is 1.38 bits per heavy atom. The van der Waals surface area contributed by atoms with Crippen LogP contribution >= 0.6 is 0 Å². The van der Waals surface area contributed by atoms with E-state index in [0.717, 1.165) is 24.8 Å². The minimum atomic E-state index is -2.02. The summed E-state index contributed by atoms with van der Waals surface area (Å²) < 4.78 is 6.41. The second-order valence-electron chi connectivity index (χ2n) is 9.04. The number of aliphatic carboxylic acids is 1. The van der Waals surface area contributed by atoms with Gasteiger partial charge in [0.05, 0.1) is 12.0 Å². The van der Waals surface area contributed by atoms with E-state index in [1.807, 2.05) is 6.08 Å². The Balaban J connectivity index is 2.16. The number of carbonyl (C=O) groups is 2. The summed E-state index contributed by atoms with van der Waals surface area (Å²) in [5, 5.41) is 9.70. The SMILES string of the molecule is CC(C)(C)[Si](C)(C)O[C@@H]1C[C@@H](C(=O)O)N(C(=O)C2CCC/C2=C\CN)C1. The third-order valence-corrected chi connectivity index (χ3v) is 10.7. The maximum atomic E-state index is 13.1. The number of amides is 1. The number of likely N-dealkylation sites (tertiary alicyclic amines) is 1. The Bertz CT molecular complexity index is 583. The monoisotopic (exact) mass is 382 g/mol. The van der Waals surface area contributed by atoms with Crippen LogP contribution in [0.2, 0.25) is 18.1 Å². The van der Waals surface area contributed by atoms with Crippen LogP contribution in [0.15, 0.2) is 11.6 Å². The normalized spacial score (nSPS) is 28.8. The second-order valence-corrected chi connectivity index (χ2v) is 13.8. The van der Waals surface area contributed by atoms with Crippen molar-refractivity contribution < 1.29 is 19.1 Å². The van der Waals surface area contributed by atoms with Gasteiger partial charge in [-0.05, 0) is 37.4 Å². The topological polar surface area (TPSA) is 92.9 Å². The van der Waals surface area contributed by atoms with Crippen LogP contribution < -0.4 is 5.73 Å². The lowest BCUT2D eigenvalue weighted by Gasteiger charge is -2.38. The quantitative estimate of drug-likeness (QED) is 0.563. The first-order valence-corrected chi connectivity index (χ1v) is 12.5. The van der Waals surface area contributed by atoms with Crippen molar-refractivity contribution in [1.29, 1.82) is 0 Å². The van der Waals surface area contributed by atoms with Gasteiger partial charge < -0.3 is 20.2 Å². The molecule has 0 aromatic heterocycles. The molecule has 1 saturated heterocycles. The minimum absolute atomic E-state index is 0.0473. The molecule has 2 aliphatic rings. The number of carboxylic acids is 1. The standard InChI is InChI=1S/C19H34N2O4Si/c1-19(2,3)26(4,5)25-14-11-16(18(23)24)21(12-14)17(22)15-8-6-7-13(15)9-10-20/h9,14-16H,6-8,10-12,20H2,1-5H3,(H,23,24)/b13-9+/t14-,15?,16+/m1/s1. The molecule has 6 nitrogen and oxygen atoms in total. The van der Waals surface area contributed by atoms with Gasteiger partial charge in [0.25, 0.3) is 0 Å². The predicted octanol–water partition coefficient (Wildman–Crippen LogP) is 2.75. The maximum Gasteiger partial charge on any atom is 0.326 e. The number of carboxylic acid groups (broad SMARTS) is 1. The van der Waals surface area contributed by atoms with Gasteiger partial charge in [0.1, 0.15) is 6.04 Å². The van der Waals surface area contributed by atoms with Gasteiger partial charge in [-0.15, -0.1) is 0 Å². The van der Waals surface area contributed by atoms with E-state index in [4.69, 9.17) is 10.2 Å². The zero-order valence-corrected chi connectivity index (χ0v) is 17.7. The molecule has 1 saturated carbocycles. The number of hydrogen-bond donors (Lipinski definition) is 2. The molecular formula is C19H34N2O4Si. The van der Waals surface area contributed by atoms with Crippen LogP contribution in [0.1, 0.15) is 46.5 Å². The highest BCUT2D eigenvalue weighted by Gasteiger charge is 2.47. The van der Waals surface area contributed by atoms with Gasteiger partial charge >= 0.3 is 5.97 Å². The molecule has 1 amide bonds. The summed E-state index contributed by atoms with van der Waals surface area (Å²) in [6.45, 7) is 11.6. The Kier molecular flexibility index (Phi) is 6.35. The highest BCUT2D eigenvalue weighted by Crippen LogP contribution is 2.40. The van der Waals surface area contributed by atoms with Gasteiger partial charge in [-0.25, -0.2) is 4.79 Å². The molecule has 0 radical (unpaired) electrons. The average Bonchev–Trinajstić information content (AvgIpc) is 3.12. The summed E-state index contributed by atoms with van der Waals surface area (Å²) in [5.41, 5.74) is 6.69. The lowest BCUT2D eigenvalue weighted by Crippen LogP contribution is -2.45. The summed E-state index contributed by atoms with van der Waals surface area (Å²) in [7, 11) is -2.02. The van der Waals surface area contributed by atoms with Crippen molar-refractivity contribution in [3.8, 4) is 0 Å². The molecule has 0 spiro atoms. The molecule has 0 aromatic carbocycles. The minimum Gasteiger partial charge on any atom is -0.480 e. The summed E-state index contributed by atoms with van der Waals surface area (Å²) in [6.07, 6.45) is 4.70. The Morgan fingerprint density at radius 3 is 2.58 bits per heavy atom. The zero-order valence-electron chi connectivity index (χ0n) is 16.7. The van der Waals surface area contributed by atoms with Crippen molar-refractivity contribution in [1.82, 2.24) is 4.90 Å². The van der Waals surface area contributed by atoms with E-state index in [2.05, 4.69) is 33.9 Å². The predicted molar refractivity (Wildman–Crippen MR) is 104 cm³/mol. The van der Waals surface area contributed by atoms with Gasteiger partial charge in [-0.3, -0.25) is 4.79 Å². The molecule has 3 N–H and O–H groups in total. The van der Waals surface area contributed by atoms with E-state index in [1.165, 1.54) is 0 Å². The first-order chi connectivity index (χ1) is 12.0. The van der Waals surface area contributed by atoms with Crippen LogP contribution in [0, 0.1) is 5.92 Å². The molecule has 0 bridgehead atoms. The fraction of sp³-hybridized carbons (Fsp3) is 0.789. The van der Waals surface area contributed by atoms with Crippen molar-refractivity contribution in [2.75, 3.05) is 13.1 Å². The highest BCUT2D eigenvalue weighted by molar-refractivity contribution is 6.74. The van der Waals surface area contributed by atoms with Crippen LogP contribution in [0.5, 0.6) is 0 Å². The number of hydrogen-bond acceptors (Lipinski definition) is 4. The van der Waals surface area contributed by atoms with E-state index in [0.29, 0.717) is 19.5 Å². The molecule has 1 heterocycles. The van der Waals surface area contributed by atoms with E-state index < -0.39 is 20.3 Å². The van der Waals surface area contributed by atoms with Gasteiger partial charge in [0, 0.05) is 19.5 Å². The van der Waals surface area contributed by atoms with Crippen LogP contribution in [0.25, 0.3) is 0 Å². The van der Waals surface area contributed by atoms with E-state index in [1.54, 1.807) is 4.90 Å². The van der Waals surface area contributed by atoms with Gasteiger partial charge in [-0.2, -0.15) is 0 Å². The third-order valence-electron chi connectivity index (χ3n) is 6.18. The summed E-state index contributed by atoms with van der Waals surface area (Å²) >= 11 is 0. The molecule has 1 aliphatic carbocycles. The number of nitrogens with two attached hydrogens (primary N) is 1. The largest absolute Gasteiger partial charge is 0.480 e. The summed E-state index contributed by atoms with van der Waals surface area (Å²) in [4.78, 5) is 26.4. The third kappa shape index (κ3) is 4.38. The lowest BCUT2D eigenvalue weighted by molar-refractivity contribution is -0.149. The smallest absolute Gasteiger partial charge is 0.326 e. The van der Waals surface area contributed by atoms with Crippen molar-refractivity contribution in [3.63, 3.8) is 0 Å². The van der Waals surface area contributed by atoms with Gasteiger partial charge in [0.2, 0.25) is 5.91 Å². The average molecular weight is 383 g/mol. The molecule has 7 heteroatoms. The summed E-state index contributed by atoms with van der Waals surface area (Å²) in [5.74, 6) is -1.23. The van der Waals surface area contributed by atoms with Crippen molar-refractivity contribution in [3.05, 3.63) is 11.6 Å². The molecule has 1 unspecified atom stereocenters. The van der Waals surface area contributed by atoms with Crippen LogP contribution in [0.4, 0.5) is 0 Å².